The van der Waals surface area contributed by atoms with Gasteiger partial charge in [0.15, 0.2) is 0 Å². The Balaban J connectivity index is 1.65. The molecule has 1 aliphatic heterocycles. The Hall–Kier alpha value is -2.45. The van der Waals surface area contributed by atoms with Gasteiger partial charge in [-0.05, 0) is 49.8 Å². The van der Waals surface area contributed by atoms with Crippen LogP contribution in [0.25, 0.3) is 16.8 Å². The van der Waals surface area contributed by atoms with Crippen LogP contribution in [0.2, 0.25) is 0 Å². The van der Waals surface area contributed by atoms with Gasteiger partial charge in [0.2, 0.25) is 5.91 Å². The highest BCUT2D eigenvalue weighted by Gasteiger charge is 2.22. The summed E-state index contributed by atoms with van der Waals surface area (Å²) in [5.41, 5.74) is 4.82. The summed E-state index contributed by atoms with van der Waals surface area (Å²) in [6.45, 7) is 0.787. The van der Waals surface area contributed by atoms with Crippen molar-refractivity contribution in [3.8, 4) is 17.3 Å². The summed E-state index contributed by atoms with van der Waals surface area (Å²) < 4.78 is 0. The molecule has 0 radical (unpaired) electrons. The van der Waals surface area contributed by atoms with Crippen LogP contribution >= 0.6 is 11.3 Å². The molecule has 0 spiro atoms. The minimum absolute atomic E-state index is 0.189. The molecule has 4 nitrogen and oxygen atoms in total. The number of nitrogens with zero attached hydrogens (tertiary/aromatic N) is 3. The fourth-order valence-electron chi connectivity index (χ4n) is 3.61. The normalized spacial score (nSPS) is 17.2. The van der Waals surface area contributed by atoms with Gasteiger partial charge in [-0.2, -0.15) is 5.26 Å². The van der Waals surface area contributed by atoms with Gasteiger partial charge in [-0.25, -0.2) is 4.98 Å². The average molecular weight is 349 g/mol. The predicted octanol–water partition coefficient (Wildman–Crippen LogP) is 4.79. The summed E-state index contributed by atoms with van der Waals surface area (Å²) in [5, 5.41) is 12.4. The Morgan fingerprint density at radius 1 is 1.20 bits per heavy atom. The third kappa shape index (κ3) is 3.10. The van der Waals surface area contributed by atoms with E-state index >= 15 is 0 Å². The molecule has 1 saturated carbocycles. The number of carbonyl (C=O) groups is 1. The first-order chi connectivity index (χ1) is 12.3. The zero-order valence-electron chi connectivity index (χ0n) is 14.0. The summed E-state index contributed by atoms with van der Waals surface area (Å²) in [7, 11) is 0. The fourth-order valence-corrected chi connectivity index (χ4v) is 4.48. The second-order valence-corrected chi connectivity index (χ2v) is 7.39. The maximum Gasteiger partial charge on any atom is 0.227 e. The summed E-state index contributed by atoms with van der Waals surface area (Å²) in [6, 6.07) is 10.3. The lowest BCUT2D eigenvalue weighted by Gasteiger charge is -2.16. The Morgan fingerprint density at radius 3 is 2.76 bits per heavy atom. The molecule has 1 aromatic carbocycles. The predicted molar refractivity (Wildman–Crippen MR) is 100 cm³/mol. The number of amides is 1. The van der Waals surface area contributed by atoms with Crippen LogP contribution < -0.4 is 4.90 Å². The molecule has 1 aliphatic carbocycles. The van der Waals surface area contributed by atoms with Gasteiger partial charge < -0.3 is 4.90 Å². The highest BCUT2D eigenvalue weighted by Crippen LogP contribution is 2.35. The van der Waals surface area contributed by atoms with Crippen LogP contribution in [0.5, 0.6) is 0 Å². The number of benzene rings is 1. The van der Waals surface area contributed by atoms with Crippen molar-refractivity contribution in [3.63, 3.8) is 0 Å². The molecule has 2 heterocycles. The monoisotopic (exact) mass is 349 g/mol. The van der Waals surface area contributed by atoms with E-state index in [1.807, 2.05) is 34.5 Å². The van der Waals surface area contributed by atoms with Gasteiger partial charge in [0.1, 0.15) is 11.1 Å². The molecule has 1 saturated heterocycles. The van der Waals surface area contributed by atoms with E-state index in [1.54, 1.807) is 0 Å². The maximum absolute atomic E-state index is 12.0. The van der Waals surface area contributed by atoms with Crippen LogP contribution in [0.4, 0.5) is 5.69 Å². The number of hydrogen-bond donors (Lipinski definition) is 0. The van der Waals surface area contributed by atoms with E-state index in [-0.39, 0.29) is 5.91 Å². The van der Waals surface area contributed by atoms with Gasteiger partial charge >= 0.3 is 0 Å². The molecule has 2 aromatic rings. The Morgan fingerprint density at radius 2 is 2.04 bits per heavy atom. The number of hydrogen-bond acceptors (Lipinski definition) is 4. The largest absolute Gasteiger partial charge is 0.312 e. The van der Waals surface area contributed by atoms with Crippen molar-refractivity contribution in [2.24, 2.45) is 0 Å². The van der Waals surface area contributed by atoms with Gasteiger partial charge in [-0.3, -0.25) is 4.79 Å². The number of thiazole rings is 1. The number of allylic oxidation sites excluding steroid dienone is 2. The van der Waals surface area contributed by atoms with Crippen molar-refractivity contribution in [1.29, 1.82) is 5.26 Å². The molecule has 25 heavy (non-hydrogen) atoms. The van der Waals surface area contributed by atoms with Gasteiger partial charge in [0, 0.05) is 29.6 Å². The third-order valence-corrected chi connectivity index (χ3v) is 5.78. The first-order valence-corrected chi connectivity index (χ1v) is 9.63. The third-order valence-electron chi connectivity index (χ3n) is 4.92. The van der Waals surface area contributed by atoms with Crippen LogP contribution in [-0.2, 0) is 4.79 Å². The van der Waals surface area contributed by atoms with Crippen molar-refractivity contribution < 1.29 is 4.79 Å². The first kappa shape index (κ1) is 16.0. The van der Waals surface area contributed by atoms with E-state index in [0.29, 0.717) is 6.42 Å². The van der Waals surface area contributed by atoms with Crippen molar-refractivity contribution in [3.05, 3.63) is 40.2 Å². The molecule has 1 aromatic heterocycles. The zero-order chi connectivity index (χ0) is 17.2. The molecular formula is C20H19N3OS. The lowest BCUT2D eigenvalue weighted by Crippen LogP contribution is -2.23. The molecule has 4 rings (SSSR count). The number of anilines is 1. The van der Waals surface area contributed by atoms with Gasteiger partial charge in [0.25, 0.3) is 0 Å². The lowest BCUT2D eigenvalue weighted by molar-refractivity contribution is -0.117. The summed E-state index contributed by atoms with van der Waals surface area (Å²) in [4.78, 5) is 18.5. The molecule has 126 valence electrons. The zero-order valence-corrected chi connectivity index (χ0v) is 14.8. The highest BCUT2D eigenvalue weighted by molar-refractivity contribution is 7.11. The van der Waals surface area contributed by atoms with E-state index in [9.17, 15) is 10.1 Å². The number of carbonyl (C=O) groups excluding carboxylic acids is 1. The van der Waals surface area contributed by atoms with E-state index in [2.05, 4.69) is 6.07 Å². The van der Waals surface area contributed by atoms with Crippen LogP contribution in [0.3, 0.4) is 0 Å². The Kier molecular flexibility index (Phi) is 4.37. The topological polar surface area (TPSA) is 57.0 Å². The summed E-state index contributed by atoms with van der Waals surface area (Å²) in [5.74, 6) is 0.189. The fraction of sp³-hybridized carbons (Fsp3) is 0.350. The van der Waals surface area contributed by atoms with Crippen molar-refractivity contribution >= 4 is 28.5 Å². The van der Waals surface area contributed by atoms with E-state index in [1.165, 1.54) is 29.8 Å². The van der Waals surface area contributed by atoms with Crippen LogP contribution in [0.1, 0.15) is 43.5 Å². The van der Waals surface area contributed by atoms with E-state index in [4.69, 9.17) is 4.98 Å². The minimum Gasteiger partial charge on any atom is -0.312 e. The van der Waals surface area contributed by atoms with Crippen molar-refractivity contribution in [2.45, 2.75) is 38.5 Å². The molecule has 0 unspecified atom stereocenters. The first-order valence-electron chi connectivity index (χ1n) is 8.75. The van der Waals surface area contributed by atoms with Gasteiger partial charge in [0.05, 0.1) is 11.3 Å². The average Bonchev–Trinajstić information content (AvgIpc) is 3.37. The molecule has 0 atom stereocenters. The minimum atomic E-state index is 0.189. The van der Waals surface area contributed by atoms with E-state index < -0.39 is 0 Å². The molecular weight excluding hydrogens is 330 g/mol. The standard InChI is InChI=1S/C20H19N3OS/c21-12-17(14-5-1-2-6-14)20-22-18(13-25-20)15-7-3-8-16(11-15)23-10-4-9-19(23)24/h3,7-8,11,13H,1-2,4-6,9-10H2. The highest BCUT2D eigenvalue weighted by atomic mass is 32.1. The smallest absolute Gasteiger partial charge is 0.227 e. The van der Waals surface area contributed by atoms with Gasteiger partial charge in [-0.15, -0.1) is 11.3 Å². The summed E-state index contributed by atoms with van der Waals surface area (Å²) >= 11 is 1.53. The SMILES string of the molecule is N#CC(=C1CCCC1)c1nc(-c2cccc(N3CCCC3=O)c2)cs1. The van der Waals surface area contributed by atoms with Gasteiger partial charge in [-0.1, -0.05) is 12.1 Å². The Bertz CT molecular complexity index is 882. The Labute approximate surface area is 151 Å². The molecule has 2 fully saturated rings. The van der Waals surface area contributed by atoms with E-state index in [0.717, 1.165) is 53.3 Å². The second-order valence-electron chi connectivity index (χ2n) is 6.53. The van der Waals surface area contributed by atoms with Crippen LogP contribution in [0.15, 0.2) is 35.2 Å². The molecule has 5 heteroatoms. The molecule has 0 bridgehead atoms. The van der Waals surface area contributed by atoms with Crippen molar-refractivity contribution in [2.75, 3.05) is 11.4 Å². The quantitative estimate of drug-likeness (QED) is 0.749. The number of aromatic nitrogens is 1. The number of rotatable bonds is 3. The van der Waals surface area contributed by atoms with Crippen LogP contribution in [-0.4, -0.2) is 17.4 Å². The summed E-state index contributed by atoms with van der Waals surface area (Å²) in [6.07, 6.45) is 5.93. The maximum atomic E-state index is 12.0. The van der Waals surface area contributed by atoms with Crippen molar-refractivity contribution in [1.82, 2.24) is 4.98 Å². The molecule has 0 N–H and O–H groups in total. The molecule has 1 amide bonds. The number of nitriles is 1. The van der Waals surface area contributed by atoms with Crippen LogP contribution in [0, 0.1) is 11.3 Å². The second kappa shape index (κ2) is 6.81. The lowest BCUT2D eigenvalue weighted by atomic mass is 10.1. The molecule has 2 aliphatic rings.